The minimum Gasteiger partial charge on any atom is -0.323 e. The van der Waals surface area contributed by atoms with Crippen LogP contribution in [0.1, 0.15) is 18.2 Å². The van der Waals surface area contributed by atoms with E-state index in [0.29, 0.717) is 11.8 Å². The summed E-state index contributed by atoms with van der Waals surface area (Å²) in [6, 6.07) is 3.54. The summed E-state index contributed by atoms with van der Waals surface area (Å²) in [4.78, 5) is 23.9. The van der Waals surface area contributed by atoms with Crippen LogP contribution in [0, 0.1) is 0 Å². The summed E-state index contributed by atoms with van der Waals surface area (Å²) in [6.07, 6.45) is 4.46. The molecule has 108 valence electrons. The van der Waals surface area contributed by atoms with Crippen LogP contribution in [0.15, 0.2) is 24.5 Å². The lowest BCUT2D eigenvalue weighted by molar-refractivity contribution is -0.114. The van der Waals surface area contributed by atoms with Crippen LogP contribution >= 0.6 is 0 Å². The summed E-state index contributed by atoms with van der Waals surface area (Å²) in [6.45, 7) is 3.19. The molecular weight excluding hydrogens is 268 g/mol. The zero-order chi connectivity index (χ0) is 14.7. The summed E-state index contributed by atoms with van der Waals surface area (Å²) in [5.74, 6) is 0.920. The van der Waals surface area contributed by atoms with Gasteiger partial charge in [0.15, 0.2) is 0 Å². The van der Waals surface area contributed by atoms with E-state index < -0.39 is 0 Å². The third-order valence-electron chi connectivity index (χ3n) is 3.14. The third kappa shape index (κ3) is 3.32. The number of amides is 1. The van der Waals surface area contributed by atoms with Crippen LogP contribution in [-0.2, 0) is 17.8 Å². The lowest BCUT2D eigenvalue weighted by Crippen LogP contribution is -2.25. The van der Waals surface area contributed by atoms with Crippen molar-refractivity contribution in [1.29, 1.82) is 0 Å². The quantitative estimate of drug-likeness (QED) is 0.785. The number of nitrogens with one attached hydrogen (secondary N) is 3. The molecule has 21 heavy (non-hydrogen) atoms. The Bertz CT molecular complexity index is 655. The lowest BCUT2D eigenvalue weighted by atomic mass is 10.1. The molecule has 3 heterocycles. The molecule has 0 fully saturated rings. The fraction of sp³-hybridized carbons (Fsp3) is 0.286. The van der Waals surface area contributed by atoms with Crippen LogP contribution < -0.4 is 16.0 Å². The number of hydrogen-bond donors (Lipinski definition) is 3. The number of rotatable bonds is 3. The minimum atomic E-state index is -0.145. The first-order valence-corrected chi connectivity index (χ1v) is 6.77. The van der Waals surface area contributed by atoms with E-state index in [4.69, 9.17) is 0 Å². The van der Waals surface area contributed by atoms with Gasteiger partial charge < -0.3 is 16.0 Å². The average Bonchev–Trinajstić information content (AvgIpc) is 2.49. The summed E-state index contributed by atoms with van der Waals surface area (Å²) >= 11 is 0. The first-order valence-electron chi connectivity index (χ1n) is 6.77. The Balaban J connectivity index is 1.72. The summed E-state index contributed by atoms with van der Waals surface area (Å²) in [7, 11) is 0. The van der Waals surface area contributed by atoms with E-state index in [1.807, 2.05) is 12.3 Å². The van der Waals surface area contributed by atoms with Gasteiger partial charge in [0.1, 0.15) is 5.82 Å². The predicted molar refractivity (Wildman–Crippen MR) is 79.3 cm³/mol. The van der Waals surface area contributed by atoms with Gasteiger partial charge in [-0.1, -0.05) is 0 Å². The van der Waals surface area contributed by atoms with E-state index in [1.54, 1.807) is 12.3 Å². The molecule has 0 aliphatic carbocycles. The van der Waals surface area contributed by atoms with Crippen molar-refractivity contribution >= 4 is 23.4 Å². The van der Waals surface area contributed by atoms with E-state index >= 15 is 0 Å². The fourth-order valence-corrected chi connectivity index (χ4v) is 2.15. The Hall–Kier alpha value is -2.54. The second-order valence-corrected chi connectivity index (χ2v) is 4.83. The number of nitrogens with zero attached hydrogens (tertiary/aromatic N) is 3. The molecule has 2 aromatic rings. The van der Waals surface area contributed by atoms with Crippen molar-refractivity contribution in [2.45, 2.75) is 19.9 Å². The van der Waals surface area contributed by atoms with Crippen molar-refractivity contribution in [3.63, 3.8) is 0 Å². The Morgan fingerprint density at radius 3 is 2.95 bits per heavy atom. The van der Waals surface area contributed by atoms with Gasteiger partial charge in [-0.2, -0.15) is 0 Å². The van der Waals surface area contributed by atoms with Crippen LogP contribution in [0.25, 0.3) is 0 Å². The summed E-state index contributed by atoms with van der Waals surface area (Å²) < 4.78 is 0. The molecular formula is C14H16N6O. The highest BCUT2D eigenvalue weighted by Crippen LogP contribution is 2.16. The van der Waals surface area contributed by atoms with Gasteiger partial charge in [0.25, 0.3) is 0 Å². The highest BCUT2D eigenvalue weighted by Gasteiger charge is 2.11. The number of aromatic nitrogens is 3. The molecule has 0 saturated carbocycles. The minimum absolute atomic E-state index is 0.145. The molecule has 0 aromatic carbocycles. The first-order chi connectivity index (χ1) is 10.2. The van der Waals surface area contributed by atoms with Gasteiger partial charge in [-0.05, 0) is 30.7 Å². The number of pyridine rings is 1. The molecule has 1 amide bonds. The zero-order valence-electron chi connectivity index (χ0n) is 11.7. The molecule has 0 radical (unpaired) electrons. The molecule has 0 saturated heterocycles. The molecule has 1 aliphatic heterocycles. The average molecular weight is 284 g/mol. The van der Waals surface area contributed by atoms with Crippen LogP contribution in [0.5, 0.6) is 0 Å². The zero-order valence-corrected chi connectivity index (χ0v) is 11.7. The van der Waals surface area contributed by atoms with Crippen molar-refractivity contribution in [3.8, 4) is 0 Å². The monoisotopic (exact) mass is 284 g/mol. The molecule has 3 rings (SSSR count). The summed E-state index contributed by atoms with van der Waals surface area (Å²) in [5, 5.41) is 9.02. The molecule has 0 bridgehead atoms. The molecule has 1 aliphatic rings. The van der Waals surface area contributed by atoms with Crippen molar-refractivity contribution in [2.75, 3.05) is 17.2 Å². The number of anilines is 3. The van der Waals surface area contributed by atoms with Crippen molar-refractivity contribution in [3.05, 3.63) is 35.8 Å². The van der Waals surface area contributed by atoms with Crippen molar-refractivity contribution in [2.24, 2.45) is 0 Å². The number of hydrogen-bond acceptors (Lipinski definition) is 6. The predicted octanol–water partition coefficient (Wildman–Crippen LogP) is 1.22. The SMILES string of the molecule is CC(=O)Nc1ccc(Nc2ncc3c(n2)CNCC3)cn1. The van der Waals surface area contributed by atoms with Gasteiger partial charge in [0, 0.05) is 19.7 Å². The smallest absolute Gasteiger partial charge is 0.227 e. The normalized spacial score (nSPS) is 13.4. The Morgan fingerprint density at radius 2 is 2.19 bits per heavy atom. The topological polar surface area (TPSA) is 91.8 Å². The van der Waals surface area contributed by atoms with Gasteiger partial charge in [-0.3, -0.25) is 4.79 Å². The molecule has 3 N–H and O–H groups in total. The highest BCUT2D eigenvalue weighted by molar-refractivity contribution is 5.87. The van der Waals surface area contributed by atoms with E-state index in [9.17, 15) is 4.79 Å². The largest absolute Gasteiger partial charge is 0.323 e. The van der Waals surface area contributed by atoms with Crippen LogP contribution in [0.3, 0.4) is 0 Å². The van der Waals surface area contributed by atoms with E-state index in [1.165, 1.54) is 12.5 Å². The van der Waals surface area contributed by atoms with Crippen LogP contribution in [0.4, 0.5) is 17.5 Å². The Kier molecular flexibility index (Phi) is 3.74. The number of carbonyl (C=O) groups excluding carboxylic acids is 1. The molecule has 7 heteroatoms. The Morgan fingerprint density at radius 1 is 1.29 bits per heavy atom. The highest BCUT2D eigenvalue weighted by atomic mass is 16.1. The number of fused-ring (bicyclic) bond motifs is 1. The van der Waals surface area contributed by atoms with Gasteiger partial charge in [-0.25, -0.2) is 15.0 Å². The van der Waals surface area contributed by atoms with E-state index in [-0.39, 0.29) is 5.91 Å². The van der Waals surface area contributed by atoms with Gasteiger partial charge >= 0.3 is 0 Å². The molecule has 7 nitrogen and oxygen atoms in total. The van der Waals surface area contributed by atoms with Gasteiger partial charge in [0.05, 0.1) is 17.6 Å². The molecule has 0 spiro atoms. The molecule has 2 aromatic heterocycles. The van der Waals surface area contributed by atoms with Crippen LogP contribution in [-0.4, -0.2) is 27.4 Å². The van der Waals surface area contributed by atoms with Gasteiger partial charge in [0.2, 0.25) is 11.9 Å². The first kappa shape index (κ1) is 13.4. The van der Waals surface area contributed by atoms with Crippen molar-refractivity contribution < 1.29 is 4.79 Å². The fourth-order valence-electron chi connectivity index (χ4n) is 2.15. The second kappa shape index (κ2) is 5.84. The molecule has 0 unspecified atom stereocenters. The second-order valence-electron chi connectivity index (χ2n) is 4.83. The lowest BCUT2D eigenvalue weighted by Gasteiger charge is -2.16. The van der Waals surface area contributed by atoms with E-state index in [0.717, 1.165) is 30.9 Å². The van der Waals surface area contributed by atoms with Crippen molar-refractivity contribution in [1.82, 2.24) is 20.3 Å². The maximum absolute atomic E-state index is 10.9. The summed E-state index contributed by atoms with van der Waals surface area (Å²) in [5.41, 5.74) is 2.99. The maximum Gasteiger partial charge on any atom is 0.227 e. The third-order valence-corrected chi connectivity index (χ3v) is 3.14. The van der Waals surface area contributed by atoms with E-state index in [2.05, 4.69) is 30.9 Å². The molecule has 0 atom stereocenters. The maximum atomic E-state index is 10.9. The van der Waals surface area contributed by atoms with Gasteiger partial charge in [-0.15, -0.1) is 0 Å². The van der Waals surface area contributed by atoms with Crippen LogP contribution in [0.2, 0.25) is 0 Å². The Labute approximate surface area is 122 Å². The number of carbonyl (C=O) groups is 1. The standard InChI is InChI=1S/C14H16N6O/c1-9(21)18-13-3-2-11(7-16-13)19-14-17-6-10-4-5-15-8-12(10)20-14/h2-3,6-7,15H,4-5,8H2,1H3,(H,16,18,21)(H,17,19,20).